The Labute approximate surface area is 211 Å². The number of aromatic nitrogens is 1. The van der Waals surface area contributed by atoms with Crippen molar-refractivity contribution in [3.63, 3.8) is 0 Å². The smallest absolute Gasteiger partial charge is 0.344 e. The SMILES string of the molecule is C=C(C)c1cc2c(cc1OCCCOC)S(=O)(=O)C(C)c1cc(C(=O)OC(C)C)c(=O)n(C3CC3)c1-2. The number of benzene rings is 1. The molecule has 2 heterocycles. The van der Waals surface area contributed by atoms with Gasteiger partial charge in [-0.1, -0.05) is 6.58 Å². The summed E-state index contributed by atoms with van der Waals surface area (Å²) in [5.74, 6) is -0.320. The number of sulfone groups is 1. The van der Waals surface area contributed by atoms with Crippen molar-refractivity contribution in [2.24, 2.45) is 0 Å². The molecule has 0 spiro atoms. The van der Waals surface area contributed by atoms with Gasteiger partial charge in [0.1, 0.15) is 11.3 Å². The highest BCUT2D eigenvalue weighted by molar-refractivity contribution is 7.92. The second kappa shape index (κ2) is 9.86. The summed E-state index contributed by atoms with van der Waals surface area (Å²) in [5.41, 5.74) is 2.15. The van der Waals surface area contributed by atoms with Gasteiger partial charge >= 0.3 is 5.97 Å². The van der Waals surface area contributed by atoms with E-state index in [0.29, 0.717) is 53.3 Å². The average molecular weight is 516 g/mol. The molecule has 0 saturated heterocycles. The van der Waals surface area contributed by atoms with E-state index in [4.69, 9.17) is 14.2 Å². The van der Waals surface area contributed by atoms with Crippen LogP contribution < -0.4 is 10.3 Å². The molecule has 0 radical (unpaired) electrons. The number of hydrogen-bond acceptors (Lipinski definition) is 7. The molecule has 1 unspecified atom stereocenters. The van der Waals surface area contributed by atoms with E-state index in [1.165, 1.54) is 6.07 Å². The third-order valence-electron chi connectivity index (χ3n) is 6.50. The van der Waals surface area contributed by atoms with E-state index >= 15 is 0 Å². The van der Waals surface area contributed by atoms with Crippen molar-refractivity contribution in [1.29, 1.82) is 0 Å². The molecule has 2 aliphatic rings. The minimum absolute atomic E-state index is 0.0999. The van der Waals surface area contributed by atoms with Crippen LogP contribution in [-0.4, -0.2) is 45.4 Å². The standard InChI is InChI=1S/C27H33NO7S/c1-15(2)19-12-21-24(14-23(19)34-11-7-10-33-6)36(31,32)17(5)20-13-22(27(30)35-16(3)4)26(29)28(25(20)21)18-8-9-18/h12-14,16-18H,1,7-11H2,2-6H3. The summed E-state index contributed by atoms with van der Waals surface area (Å²) in [5, 5.41) is -0.965. The molecule has 1 aromatic heterocycles. The Morgan fingerprint density at radius 2 is 1.86 bits per heavy atom. The van der Waals surface area contributed by atoms with E-state index in [0.717, 1.165) is 12.8 Å². The molecule has 8 nitrogen and oxygen atoms in total. The molecular weight excluding hydrogens is 482 g/mol. The van der Waals surface area contributed by atoms with Gasteiger partial charge in [-0.25, -0.2) is 13.2 Å². The highest BCUT2D eigenvalue weighted by atomic mass is 32.2. The second-order valence-electron chi connectivity index (χ2n) is 9.73. The molecule has 1 atom stereocenters. The van der Waals surface area contributed by atoms with E-state index < -0.39 is 32.7 Å². The Morgan fingerprint density at radius 3 is 2.44 bits per heavy atom. The number of carbonyl (C=O) groups excluding carboxylic acids is 1. The number of hydrogen-bond donors (Lipinski definition) is 0. The lowest BCUT2D eigenvalue weighted by atomic mass is 9.96. The molecule has 36 heavy (non-hydrogen) atoms. The number of pyridine rings is 1. The van der Waals surface area contributed by atoms with Crippen molar-refractivity contribution in [3.8, 4) is 17.0 Å². The van der Waals surface area contributed by atoms with Gasteiger partial charge in [0, 0.05) is 43.4 Å². The fraction of sp³-hybridized carbons (Fsp3) is 0.481. The van der Waals surface area contributed by atoms with E-state index in [9.17, 15) is 18.0 Å². The van der Waals surface area contributed by atoms with Crippen LogP contribution in [-0.2, 0) is 19.3 Å². The number of allylic oxidation sites excluding steroid dienone is 1. The van der Waals surface area contributed by atoms with E-state index in [1.54, 1.807) is 44.6 Å². The molecule has 1 aliphatic carbocycles. The predicted octanol–water partition coefficient (Wildman–Crippen LogP) is 4.71. The number of esters is 1. The van der Waals surface area contributed by atoms with Gasteiger partial charge in [-0.15, -0.1) is 0 Å². The molecule has 0 amide bonds. The zero-order valence-electron chi connectivity index (χ0n) is 21.4. The summed E-state index contributed by atoms with van der Waals surface area (Å²) in [6.07, 6.45) is 1.79. The van der Waals surface area contributed by atoms with Crippen molar-refractivity contribution in [2.75, 3.05) is 20.3 Å². The van der Waals surface area contributed by atoms with Gasteiger partial charge in [0.05, 0.1) is 28.6 Å². The lowest BCUT2D eigenvalue weighted by Gasteiger charge is -2.30. The second-order valence-corrected chi connectivity index (χ2v) is 12.0. The van der Waals surface area contributed by atoms with Crippen molar-refractivity contribution in [2.45, 2.75) is 69.2 Å². The minimum atomic E-state index is -3.84. The molecule has 4 rings (SSSR count). The summed E-state index contributed by atoms with van der Waals surface area (Å²) in [7, 11) is -2.23. The molecule has 0 bridgehead atoms. The topological polar surface area (TPSA) is 101 Å². The summed E-state index contributed by atoms with van der Waals surface area (Å²) >= 11 is 0. The van der Waals surface area contributed by atoms with Gasteiger partial charge in [-0.05, 0) is 63.8 Å². The molecule has 194 valence electrons. The van der Waals surface area contributed by atoms with Gasteiger partial charge < -0.3 is 18.8 Å². The van der Waals surface area contributed by atoms with Crippen molar-refractivity contribution in [1.82, 2.24) is 4.57 Å². The zero-order chi connectivity index (χ0) is 26.4. The number of ether oxygens (including phenoxy) is 3. The Balaban J connectivity index is 1.98. The van der Waals surface area contributed by atoms with Crippen LogP contribution in [0, 0.1) is 0 Å². The van der Waals surface area contributed by atoms with E-state index in [2.05, 4.69) is 6.58 Å². The molecule has 2 aromatic rings. The largest absolute Gasteiger partial charge is 0.493 e. The number of fused-ring (bicyclic) bond motifs is 3. The van der Waals surface area contributed by atoms with Gasteiger partial charge in [-0.2, -0.15) is 0 Å². The van der Waals surface area contributed by atoms with Crippen LogP contribution in [0.25, 0.3) is 16.8 Å². The molecular formula is C27H33NO7S. The first-order valence-corrected chi connectivity index (χ1v) is 13.7. The molecule has 1 aromatic carbocycles. The normalized spacial score (nSPS) is 17.9. The van der Waals surface area contributed by atoms with Crippen LogP contribution in [0.5, 0.6) is 5.75 Å². The maximum atomic E-state index is 13.7. The zero-order valence-corrected chi connectivity index (χ0v) is 22.2. The first-order valence-electron chi connectivity index (χ1n) is 12.2. The lowest BCUT2D eigenvalue weighted by Crippen LogP contribution is -2.33. The minimum Gasteiger partial charge on any atom is -0.493 e. The third kappa shape index (κ3) is 4.62. The Bertz CT molecular complexity index is 1380. The number of rotatable bonds is 9. The Hall–Kier alpha value is -2.91. The van der Waals surface area contributed by atoms with Gasteiger partial charge in [0.2, 0.25) is 0 Å². The van der Waals surface area contributed by atoms with Crippen LogP contribution in [0.3, 0.4) is 0 Å². The maximum Gasteiger partial charge on any atom is 0.344 e. The van der Waals surface area contributed by atoms with Gasteiger partial charge in [0.25, 0.3) is 5.56 Å². The Morgan fingerprint density at radius 1 is 1.17 bits per heavy atom. The maximum absolute atomic E-state index is 13.7. The first-order chi connectivity index (χ1) is 17.0. The van der Waals surface area contributed by atoms with Crippen LogP contribution in [0.1, 0.15) is 79.7 Å². The van der Waals surface area contributed by atoms with Gasteiger partial charge in [0.15, 0.2) is 9.84 Å². The molecule has 1 saturated carbocycles. The first kappa shape index (κ1) is 26.2. The summed E-state index contributed by atoms with van der Waals surface area (Å²) < 4.78 is 45.4. The van der Waals surface area contributed by atoms with Crippen LogP contribution in [0.15, 0.2) is 34.5 Å². The molecule has 1 fully saturated rings. The van der Waals surface area contributed by atoms with Gasteiger partial charge in [-0.3, -0.25) is 4.79 Å². The summed E-state index contributed by atoms with van der Waals surface area (Å²) in [4.78, 5) is 26.5. The van der Waals surface area contributed by atoms with Crippen LogP contribution in [0.2, 0.25) is 0 Å². The summed E-state index contributed by atoms with van der Waals surface area (Å²) in [6.45, 7) is 11.7. The number of carbonyl (C=O) groups is 1. The predicted molar refractivity (Wildman–Crippen MR) is 137 cm³/mol. The van der Waals surface area contributed by atoms with Crippen LogP contribution in [0.4, 0.5) is 0 Å². The Kier molecular flexibility index (Phi) is 7.16. The quantitative estimate of drug-likeness (QED) is 0.352. The number of methoxy groups -OCH3 is 1. The highest BCUT2D eigenvalue weighted by Crippen LogP contribution is 2.49. The highest BCUT2D eigenvalue weighted by Gasteiger charge is 2.41. The average Bonchev–Trinajstić information content (AvgIpc) is 3.64. The fourth-order valence-electron chi connectivity index (χ4n) is 4.53. The molecule has 1 aliphatic heterocycles. The fourth-order valence-corrected chi connectivity index (χ4v) is 6.16. The lowest BCUT2D eigenvalue weighted by molar-refractivity contribution is 0.0375. The molecule has 0 N–H and O–H groups in total. The summed E-state index contributed by atoms with van der Waals surface area (Å²) in [6, 6.07) is 4.60. The monoisotopic (exact) mass is 515 g/mol. The van der Waals surface area contributed by atoms with Crippen molar-refractivity contribution in [3.05, 3.63) is 51.8 Å². The van der Waals surface area contributed by atoms with E-state index in [1.807, 2.05) is 6.92 Å². The molecule has 9 heteroatoms. The van der Waals surface area contributed by atoms with Crippen molar-refractivity contribution >= 4 is 21.4 Å². The van der Waals surface area contributed by atoms with Crippen LogP contribution >= 0.6 is 0 Å². The van der Waals surface area contributed by atoms with Crippen molar-refractivity contribution < 1.29 is 27.4 Å². The van der Waals surface area contributed by atoms with E-state index in [-0.39, 0.29) is 16.5 Å². The number of nitrogens with zero attached hydrogens (tertiary/aromatic N) is 1. The third-order valence-corrected chi connectivity index (χ3v) is 8.63.